The van der Waals surface area contributed by atoms with E-state index in [2.05, 4.69) is 5.32 Å². The number of carbonyl (C=O) groups is 2. The van der Waals surface area contributed by atoms with E-state index >= 15 is 0 Å². The molecule has 1 aromatic carbocycles. The summed E-state index contributed by atoms with van der Waals surface area (Å²) in [7, 11) is 0. The smallest absolute Gasteiger partial charge is 0.277 e. The maximum Gasteiger partial charge on any atom is 0.277 e. The molecule has 1 aliphatic rings. The quantitative estimate of drug-likeness (QED) is 0.820. The molecule has 1 aliphatic heterocycles. The van der Waals surface area contributed by atoms with Gasteiger partial charge in [-0.1, -0.05) is 6.07 Å². The van der Waals surface area contributed by atoms with E-state index < -0.39 is 11.8 Å². The lowest BCUT2D eigenvalue weighted by atomic mass is 10.1. The van der Waals surface area contributed by atoms with Gasteiger partial charge in [0.05, 0.1) is 13.2 Å². The van der Waals surface area contributed by atoms with E-state index in [0.29, 0.717) is 0 Å². The molecule has 2 N–H and O–H groups in total. The van der Waals surface area contributed by atoms with Crippen molar-refractivity contribution in [1.29, 1.82) is 0 Å². The van der Waals surface area contributed by atoms with Crippen molar-refractivity contribution in [2.24, 2.45) is 0 Å². The molecule has 0 saturated carbocycles. The zero-order valence-electron chi connectivity index (χ0n) is 12.7. The van der Waals surface area contributed by atoms with Gasteiger partial charge in [-0.15, -0.1) is 0 Å². The standard InChI is InChI=1S/C17H17N3O3/c1-12-13(5-4-6-15(12)19-7-2-3-8-19)18-14-11-16(22)20(9-10-21)17(14)23/h2-8,11,18,21H,9-10H2,1H3. The van der Waals surface area contributed by atoms with Crippen LogP contribution in [0.5, 0.6) is 0 Å². The summed E-state index contributed by atoms with van der Waals surface area (Å²) in [6.07, 6.45) is 5.15. The Morgan fingerprint density at radius 3 is 2.57 bits per heavy atom. The molecule has 2 amide bonds. The predicted molar refractivity (Wildman–Crippen MR) is 86.0 cm³/mol. The van der Waals surface area contributed by atoms with E-state index in [1.54, 1.807) is 0 Å². The Morgan fingerprint density at radius 2 is 1.87 bits per heavy atom. The van der Waals surface area contributed by atoms with Crippen LogP contribution in [-0.4, -0.2) is 39.5 Å². The van der Waals surface area contributed by atoms with Crippen LogP contribution in [-0.2, 0) is 9.59 Å². The molecule has 6 nitrogen and oxygen atoms in total. The van der Waals surface area contributed by atoms with Gasteiger partial charge in [0.1, 0.15) is 5.70 Å². The molecular weight excluding hydrogens is 294 g/mol. The zero-order valence-corrected chi connectivity index (χ0v) is 12.7. The third-order valence-corrected chi connectivity index (χ3v) is 3.79. The number of β-amino-alcohol motifs (C(OH)–C–C–N with tert-alkyl or cyclic N) is 1. The predicted octanol–water partition coefficient (Wildman–Crippen LogP) is 1.44. The molecule has 0 atom stereocenters. The van der Waals surface area contributed by atoms with Gasteiger partial charge in [0.2, 0.25) is 0 Å². The lowest BCUT2D eigenvalue weighted by Gasteiger charge is -2.16. The van der Waals surface area contributed by atoms with Crippen LogP contribution in [0.4, 0.5) is 5.69 Å². The first-order valence-electron chi connectivity index (χ1n) is 7.30. The average Bonchev–Trinajstić information content (AvgIpc) is 3.14. The summed E-state index contributed by atoms with van der Waals surface area (Å²) >= 11 is 0. The van der Waals surface area contributed by atoms with Crippen molar-refractivity contribution in [1.82, 2.24) is 9.47 Å². The van der Waals surface area contributed by atoms with Crippen LogP contribution in [0.3, 0.4) is 0 Å². The van der Waals surface area contributed by atoms with E-state index in [4.69, 9.17) is 5.11 Å². The number of nitrogens with one attached hydrogen (secondary N) is 1. The number of nitrogens with zero attached hydrogens (tertiary/aromatic N) is 2. The second kappa shape index (κ2) is 6.10. The molecule has 2 heterocycles. The normalized spacial score (nSPS) is 14.3. The first-order chi connectivity index (χ1) is 11.1. The number of hydrogen-bond acceptors (Lipinski definition) is 4. The number of carbonyl (C=O) groups excluding carboxylic acids is 2. The topological polar surface area (TPSA) is 74.6 Å². The highest BCUT2D eigenvalue weighted by Crippen LogP contribution is 2.25. The minimum atomic E-state index is -0.421. The van der Waals surface area contributed by atoms with Gasteiger partial charge in [-0.3, -0.25) is 14.5 Å². The average molecular weight is 311 g/mol. The highest BCUT2D eigenvalue weighted by molar-refractivity contribution is 6.17. The van der Waals surface area contributed by atoms with Crippen molar-refractivity contribution in [3.05, 3.63) is 60.1 Å². The first kappa shape index (κ1) is 15.1. The van der Waals surface area contributed by atoms with Gasteiger partial charge in [-0.25, -0.2) is 0 Å². The maximum absolute atomic E-state index is 12.2. The molecule has 0 radical (unpaired) electrons. The molecule has 0 bridgehead atoms. The molecular formula is C17H17N3O3. The van der Waals surface area contributed by atoms with Crippen molar-refractivity contribution in [2.75, 3.05) is 18.5 Å². The number of amides is 2. The zero-order chi connectivity index (χ0) is 16.4. The molecule has 0 fully saturated rings. The molecule has 23 heavy (non-hydrogen) atoms. The molecule has 0 aliphatic carbocycles. The Hall–Kier alpha value is -2.86. The maximum atomic E-state index is 12.2. The summed E-state index contributed by atoms with van der Waals surface area (Å²) in [5.41, 5.74) is 2.93. The van der Waals surface area contributed by atoms with Crippen LogP contribution in [0.25, 0.3) is 5.69 Å². The minimum Gasteiger partial charge on any atom is -0.395 e. The fraction of sp³-hybridized carbons (Fsp3) is 0.176. The molecule has 1 aromatic heterocycles. The number of rotatable bonds is 5. The lowest BCUT2D eigenvalue weighted by Crippen LogP contribution is -2.34. The Bertz CT molecular complexity index is 778. The van der Waals surface area contributed by atoms with Gasteiger partial charge < -0.3 is 15.0 Å². The summed E-state index contributed by atoms with van der Waals surface area (Å²) < 4.78 is 1.98. The van der Waals surface area contributed by atoms with Gasteiger partial charge in [-0.05, 0) is 36.8 Å². The fourth-order valence-electron chi connectivity index (χ4n) is 2.59. The first-order valence-corrected chi connectivity index (χ1v) is 7.30. The Labute approximate surface area is 133 Å². The van der Waals surface area contributed by atoms with Crippen LogP contribution in [0.2, 0.25) is 0 Å². The number of hydrogen-bond donors (Lipinski definition) is 2. The second-order valence-corrected chi connectivity index (χ2v) is 5.24. The van der Waals surface area contributed by atoms with Crippen molar-refractivity contribution < 1.29 is 14.7 Å². The fourth-order valence-corrected chi connectivity index (χ4v) is 2.59. The highest BCUT2D eigenvalue weighted by Gasteiger charge is 2.30. The van der Waals surface area contributed by atoms with E-state index in [-0.39, 0.29) is 18.8 Å². The van der Waals surface area contributed by atoms with Gasteiger partial charge in [-0.2, -0.15) is 0 Å². The number of aromatic nitrogens is 1. The third-order valence-electron chi connectivity index (χ3n) is 3.79. The molecule has 3 rings (SSSR count). The lowest BCUT2D eigenvalue weighted by molar-refractivity contribution is -0.137. The van der Waals surface area contributed by atoms with Gasteiger partial charge in [0.25, 0.3) is 11.8 Å². The van der Waals surface area contributed by atoms with E-state index in [1.165, 1.54) is 6.08 Å². The van der Waals surface area contributed by atoms with Gasteiger partial charge in [0, 0.05) is 29.8 Å². The summed E-state index contributed by atoms with van der Waals surface area (Å²) in [4.78, 5) is 25.0. The largest absolute Gasteiger partial charge is 0.395 e. The van der Waals surface area contributed by atoms with Crippen LogP contribution in [0, 0.1) is 6.92 Å². The number of imide groups is 1. The molecule has 118 valence electrons. The molecule has 2 aromatic rings. The number of benzene rings is 1. The highest BCUT2D eigenvalue weighted by atomic mass is 16.3. The van der Waals surface area contributed by atoms with Crippen LogP contribution in [0.1, 0.15) is 5.56 Å². The van der Waals surface area contributed by atoms with E-state index in [1.807, 2.05) is 54.2 Å². The Morgan fingerprint density at radius 1 is 1.13 bits per heavy atom. The van der Waals surface area contributed by atoms with Gasteiger partial charge >= 0.3 is 0 Å². The van der Waals surface area contributed by atoms with Gasteiger partial charge in [0.15, 0.2) is 0 Å². The monoisotopic (exact) mass is 311 g/mol. The third kappa shape index (κ3) is 2.76. The van der Waals surface area contributed by atoms with Crippen molar-refractivity contribution in [2.45, 2.75) is 6.92 Å². The number of aliphatic hydroxyl groups excluding tert-OH is 1. The van der Waals surface area contributed by atoms with Crippen LogP contribution < -0.4 is 5.32 Å². The van der Waals surface area contributed by atoms with E-state index in [9.17, 15) is 9.59 Å². The summed E-state index contributed by atoms with van der Waals surface area (Å²) in [6.45, 7) is 1.70. The minimum absolute atomic E-state index is 0.00172. The second-order valence-electron chi connectivity index (χ2n) is 5.24. The van der Waals surface area contributed by atoms with Crippen molar-refractivity contribution >= 4 is 17.5 Å². The van der Waals surface area contributed by atoms with Crippen molar-refractivity contribution in [3.8, 4) is 5.69 Å². The number of anilines is 1. The SMILES string of the molecule is Cc1c(NC2=CC(=O)N(CCO)C2=O)cccc1-n1cccc1. The molecule has 0 saturated heterocycles. The van der Waals surface area contributed by atoms with Crippen LogP contribution in [0.15, 0.2) is 54.5 Å². The summed E-state index contributed by atoms with van der Waals surface area (Å²) in [5, 5.41) is 12.0. The Kier molecular flexibility index (Phi) is 3.99. The van der Waals surface area contributed by atoms with Crippen molar-refractivity contribution in [3.63, 3.8) is 0 Å². The molecule has 0 unspecified atom stereocenters. The Balaban J connectivity index is 1.87. The summed E-state index contributed by atoms with van der Waals surface area (Å²) in [5.74, 6) is -0.833. The van der Waals surface area contributed by atoms with E-state index in [0.717, 1.165) is 21.8 Å². The number of aliphatic hydroxyl groups is 1. The van der Waals surface area contributed by atoms with Crippen LogP contribution >= 0.6 is 0 Å². The summed E-state index contributed by atoms with van der Waals surface area (Å²) in [6, 6.07) is 9.60. The molecule has 6 heteroatoms. The molecule has 0 spiro atoms.